The number of hydrogen-bond donors (Lipinski definition) is 2. The average molecular weight is 258 g/mol. The highest BCUT2D eigenvalue weighted by molar-refractivity contribution is 6.04. The van der Waals surface area contributed by atoms with E-state index in [4.69, 9.17) is 4.74 Å². The minimum atomic E-state index is -0.334. The van der Waals surface area contributed by atoms with Crippen LogP contribution in [0.2, 0.25) is 0 Å². The number of benzene rings is 1. The van der Waals surface area contributed by atoms with Crippen LogP contribution in [0.3, 0.4) is 0 Å². The Kier molecular flexibility index (Phi) is 3.66. The number of hydrogen-bond acceptors (Lipinski definition) is 4. The van der Waals surface area contributed by atoms with Crippen LogP contribution in [0, 0.1) is 6.92 Å². The molecule has 5 nitrogen and oxygen atoms in total. The molecule has 1 heterocycles. The Balaban J connectivity index is 2.21. The Morgan fingerprint density at radius 3 is 2.79 bits per heavy atom. The maximum absolute atomic E-state index is 12.0. The number of anilines is 1. The minimum absolute atomic E-state index is 0.0760. The molecule has 0 atom stereocenters. The fourth-order valence-corrected chi connectivity index (χ4v) is 1.63. The van der Waals surface area contributed by atoms with Gasteiger partial charge in [-0.3, -0.25) is 4.79 Å². The van der Waals surface area contributed by atoms with Gasteiger partial charge in [-0.25, -0.2) is 4.98 Å². The lowest BCUT2D eigenvalue weighted by molar-refractivity contribution is 0.102. The molecule has 2 rings (SSSR count). The van der Waals surface area contributed by atoms with E-state index in [1.165, 1.54) is 19.2 Å². The topological polar surface area (TPSA) is 71.5 Å². The molecule has 2 aromatic rings. The molecule has 0 bridgehead atoms. The Morgan fingerprint density at radius 1 is 1.37 bits per heavy atom. The molecule has 1 aromatic carbocycles. The largest absolute Gasteiger partial charge is 0.504 e. The fraction of sp³-hybridized carbons (Fsp3) is 0.143. The van der Waals surface area contributed by atoms with Crippen LogP contribution in [0.15, 0.2) is 36.5 Å². The van der Waals surface area contributed by atoms with Crippen molar-refractivity contribution in [2.24, 2.45) is 0 Å². The van der Waals surface area contributed by atoms with Gasteiger partial charge in [0, 0.05) is 11.8 Å². The first-order valence-electron chi connectivity index (χ1n) is 5.72. The van der Waals surface area contributed by atoms with Crippen molar-refractivity contribution >= 4 is 11.7 Å². The molecule has 0 saturated carbocycles. The lowest BCUT2D eigenvalue weighted by atomic mass is 10.2. The number of ether oxygens (including phenoxy) is 1. The fourth-order valence-electron chi connectivity index (χ4n) is 1.63. The molecule has 0 aliphatic carbocycles. The van der Waals surface area contributed by atoms with Crippen molar-refractivity contribution in [2.45, 2.75) is 6.92 Å². The normalized spacial score (nSPS) is 10.0. The van der Waals surface area contributed by atoms with E-state index >= 15 is 0 Å². The van der Waals surface area contributed by atoms with Gasteiger partial charge in [0.2, 0.25) is 0 Å². The molecule has 19 heavy (non-hydrogen) atoms. The number of carbonyl (C=O) groups is 1. The van der Waals surface area contributed by atoms with Crippen LogP contribution >= 0.6 is 0 Å². The predicted molar refractivity (Wildman–Crippen MR) is 71.6 cm³/mol. The second kappa shape index (κ2) is 5.39. The van der Waals surface area contributed by atoms with Gasteiger partial charge in [-0.05, 0) is 36.8 Å². The Hall–Kier alpha value is -2.56. The molecular formula is C14H14N2O3. The van der Waals surface area contributed by atoms with Gasteiger partial charge in [0.05, 0.1) is 7.11 Å². The molecule has 0 saturated heterocycles. The quantitative estimate of drug-likeness (QED) is 0.886. The summed E-state index contributed by atoms with van der Waals surface area (Å²) in [6.45, 7) is 1.86. The molecular weight excluding hydrogens is 244 g/mol. The number of rotatable bonds is 3. The van der Waals surface area contributed by atoms with Crippen LogP contribution in [0.25, 0.3) is 0 Å². The highest BCUT2D eigenvalue weighted by Crippen LogP contribution is 2.26. The van der Waals surface area contributed by atoms with E-state index in [1.807, 2.05) is 13.0 Å². The zero-order valence-electron chi connectivity index (χ0n) is 10.7. The Morgan fingerprint density at radius 2 is 2.16 bits per heavy atom. The van der Waals surface area contributed by atoms with Crippen molar-refractivity contribution in [1.29, 1.82) is 0 Å². The molecule has 5 heteroatoms. The van der Waals surface area contributed by atoms with Crippen LogP contribution in [0.5, 0.6) is 11.5 Å². The number of amides is 1. The van der Waals surface area contributed by atoms with Crippen molar-refractivity contribution in [2.75, 3.05) is 12.4 Å². The molecule has 2 N–H and O–H groups in total. The van der Waals surface area contributed by atoms with Crippen LogP contribution in [0.4, 0.5) is 5.82 Å². The maximum atomic E-state index is 12.0. The third-order valence-electron chi connectivity index (χ3n) is 2.68. The van der Waals surface area contributed by atoms with E-state index in [2.05, 4.69) is 10.3 Å². The number of pyridine rings is 1. The SMILES string of the molecule is COc1ccc(C(=O)Nc2ncccc2C)cc1O. The van der Waals surface area contributed by atoms with E-state index in [0.29, 0.717) is 17.1 Å². The number of aromatic hydroxyl groups is 1. The lowest BCUT2D eigenvalue weighted by Gasteiger charge is -2.08. The van der Waals surface area contributed by atoms with Gasteiger partial charge < -0.3 is 15.2 Å². The molecule has 0 aliphatic heterocycles. The highest BCUT2D eigenvalue weighted by Gasteiger charge is 2.11. The lowest BCUT2D eigenvalue weighted by Crippen LogP contribution is -2.13. The summed E-state index contributed by atoms with van der Waals surface area (Å²) in [4.78, 5) is 16.1. The maximum Gasteiger partial charge on any atom is 0.256 e. The molecule has 1 aromatic heterocycles. The molecule has 98 valence electrons. The Labute approximate surface area is 110 Å². The third kappa shape index (κ3) is 2.82. The van der Waals surface area contributed by atoms with Crippen molar-refractivity contribution < 1.29 is 14.6 Å². The van der Waals surface area contributed by atoms with Crippen LogP contribution in [0.1, 0.15) is 15.9 Å². The van der Waals surface area contributed by atoms with E-state index in [-0.39, 0.29) is 11.7 Å². The number of nitrogens with one attached hydrogen (secondary N) is 1. The van der Waals surface area contributed by atoms with Gasteiger partial charge in [-0.1, -0.05) is 6.07 Å². The smallest absolute Gasteiger partial charge is 0.256 e. The first kappa shape index (κ1) is 12.9. The van der Waals surface area contributed by atoms with E-state index in [1.54, 1.807) is 18.3 Å². The number of aryl methyl sites for hydroxylation is 1. The summed E-state index contributed by atoms with van der Waals surface area (Å²) >= 11 is 0. The molecule has 0 unspecified atom stereocenters. The van der Waals surface area contributed by atoms with E-state index in [0.717, 1.165) is 5.56 Å². The van der Waals surface area contributed by atoms with Gasteiger partial charge in [0.15, 0.2) is 11.5 Å². The van der Waals surface area contributed by atoms with Crippen LogP contribution in [-0.4, -0.2) is 23.1 Å². The molecule has 0 aliphatic rings. The number of carbonyl (C=O) groups excluding carboxylic acids is 1. The summed E-state index contributed by atoms with van der Waals surface area (Å²) < 4.78 is 4.92. The number of aromatic nitrogens is 1. The predicted octanol–water partition coefficient (Wildman–Crippen LogP) is 2.36. The molecule has 0 fully saturated rings. The Bertz CT molecular complexity index is 611. The second-order valence-corrected chi connectivity index (χ2v) is 4.01. The first-order valence-corrected chi connectivity index (χ1v) is 5.72. The minimum Gasteiger partial charge on any atom is -0.504 e. The van der Waals surface area contributed by atoms with Crippen LogP contribution in [-0.2, 0) is 0 Å². The summed E-state index contributed by atoms with van der Waals surface area (Å²) in [5.41, 5.74) is 1.21. The summed E-state index contributed by atoms with van der Waals surface area (Å²) in [6.07, 6.45) is 1.61. The summed E-state index contributed by atoms with van der Waals surface area (Å²) in [7, 11) is 1.45. The van der Waals surface area contributed by atoms with Gasteiger partial charge in [-0.2, -0.15) is 0 Å². The van der Waals surface area contributed by atoms with E-state index < -0.39 is 0 Å². The summed E-state index contributed by atoms with van der Waals surface area (Å²) in [5.74, 6) is 0.418. The van der Waals surface area contributed by atoms with Crippen molar-refractivity contribution in [1.82, 2.24) is 4.98 Å². The van der Waals surface area contributed by atoms with Gasteiger partial charge >= 0.3 is 0 Å². The molecule has 0 radical (unpaired) electrons. The summed E-state index contributed by atoms with van der Waals surface area (Å²) in [6, 6.07) is 8.12. The van der Waals surface area contributed by atoms with Crippen molar-refractivity contribution in [3.05, 3.63) is 47.7 Å². The van der Waals surface area contributed by atoms with Gasteiger partial charge in [0.1, 0.15) is 5.82 Å². The average Bonchev–Trinajstić information content (AvgIpc) is 2.41. The standard InChI is InChI=1S/C14H14N2O3/c1-9-4-3-7-15-13(9)16-14(18)10-5-6-12(19-2)11(17)8-10/h3-8,17H,1-2H3,(H,15,16,18). The number of phenolic OH excluding ortho intramolecular Hbond substituents is 1. The zero-order chi connectivity index (χ0) is 13.8. The van der Waals surface area contributed by atoms with Crippen molar-refractivity contribution in [3.8, 4) is 11.5 Å². The summed E-state index contributed by atoms with van der Waals surface area (Å²) in [5, 5.41) is 12.3. The second-order valence-electron chi connectivity index (χ2n) is 4.01. The van der Waals surface area contributed by atoms with Crippen LogP contribution < -0.4 is 10.1 Å². The zero-order valence-corrected chi connectivity index (χ0v) is 10.7. The van der Waals surface area contributed by atoms with E-state index in [9.17, 15) is 9.90 Å². The molecule has 1 amide bonds. The number of methoxy groups -OCH3 is 1. The van der Waals surface area contributed by atoms with Gasteiger partial charge in [0.25, 0.3) is 5.91 Å². The molecule has 0 spiro atoms. The highest BCUT2D eigenvalue weighted by atomic mass is 16.5. The first-order chi connectivity index (χ1) is 9.11. The van der Waals surface area contributed by atoms with Gasteiger partial charge in [-0.15, -0.1) is 0 Å². The van der Waals surface area contributed by atoms with Crippen molar-refractivity contribution in [3.63, 3.8) is 0 Å². The number of phenols is 1. The monoisotopic (exact) mass is 258 g/mol. The number of nitrogens with zero attached hydrogens (tertiary/aromatic N) is 1. The third-order valence-corrected chi connectivity index (χ3v) is 2.68.